The first-order valence-corrected chi connectivity index (χ1v) is 5.70. The van der Waals surface area contributed by atoms with Gasteiger partial charge in [-0.3, -0.25) is 0 Å². The van der Waals surface area contributed by atoms with E-state index in [-0.39, 0.29) is 11.3 Å². The highest BCUT2D eigenvalue weighted by molar-refractivity contribution is 5.41. The van der Waals surface area contributed by atoms with E-state index in [0.717, 1.165) is 25.1 Å². The van der Waals surface area contributed by atoms with Gasteiger partial charge >= 0.3 is 6.18 Å². The number of aliphatic hydroxyl groups is 1. The first-order chi connectivity index (χ1) is 8.61. The molecule has 108 valence electrons. The van der Waals surface area contributed by atoms with E-state index in [2.05, 4.69) is 0 Å². The first kappa shape index (κ1) is 15.8. The molecule has 2 unspecified atom stereocenters. The average molecular weight is 280 g/mol. The Morgan fingerprint density at radius 2 is 1.89 bits per heavy atom. The second-order valence-electron chi connectivity index (χ2n) is 4.73. The number of halogens is 4. The van der Waals surface area contributed by atoms with Crippen molar-refractivity contribution in [1.29, 1.82) is 0 Å². The fourth-order valence-electron chi connectivity index (χ4n) is 2.08. The normalized spacial score (nSPS) is 16.8. The van der Waals surface area contributed by atoms with Gasteiger partial charge in [0.15, 0.2) is 0 Å². The van der Waals surface area contributed by atoms with Gasteiger partial charge in [-0.25, -0.2) is 4.39 Å². The third-order valence-corrected chi connectivity index (χ3v) is 3.09. The fourth-order valence-corrected chi connectivity index (χ4v) is 2.08. The van der Waals surface area contributed by atoms with Gasteiger partial charge in [-0.05, 0) is 38.5 Å². The molecule has 0 aromatic heterocycles. The van der Waals surface area contributed by atoms with Gasteiger partial charge in [-0.1, -0.05) is 0 Å². The van der Waals surface area contributed by atoms with Crippen LogP contribution in [0, 0.1) is 5.82 Å². The average Bonchev–Trinajstić information content (AvgIpc) is 2.26. The molecule has 0 saturated carbocycles. The highest BCUT2D eigenvalue weighted by Gasteiger charge is 2.54. The minimum atomic E-state index is -4.63. The molecule has 2 nitrogen and oxygen atoms in total. The minimum Gasteiger partial charge on any atom is -0.496 e. The van der Waals surface area contributed by atoms with Crippen molar-refractivity contribution < 1.29 is 27.4 Å². The Morgan fingerprint density at radius 3 is 2.32 bits per heavy atom. The predicted molar refractivity (Wildman–Crippen MR) is 62.7 cm³/mol. The number of rotatable bonds is 4. The van der Waals surface area contributed by atoms with Crippen molar-refractivity contribution in [1.82, 2.24) is 0 Å². The van der Waals surface area contributed by atoms with E-state index in [1.165, 1.54) is 14.0 Å². The third-order valence-electron chi connectivity index (χ3n) is 3.09. The lowest BCUT2D eigenvalue weighted by Gasteiger charge is -2.34. The number of hydrogen-bond donors (Lipinski definition) is 1. The van der Waals surface area contributed by atoms with Gasteiger partial charge in [-0.15, -0.1) is 0 Å². The maximum absolute atomic E-state index is 13.3. The van der Waals surface area contributed by atoms with Crippen molar-refractivity contribution in [3.8, 4) is 5.75 Å². The molecule has 0 fully saturated rings. The summed E-state index contributed by atoms with van der Waals surface area (Å²) >= 11 is 0. The molecular weight excluding hydrogens is 264 g/mol. The van der Waals surface area contributed by atoms with Gasteiger partial charge in [0, 0.05) is 5.56 Å². The molecule has 1 aromatic rings. The summed E-state index contributed by atoms with van der Waals surface area (Å²) in [5.74, 6) is -0.834. The number of ether oxygens (including phenoxy) is 1. The van der Waals surface area contributed by atoms with Gasteiger partial charge in [-0.2, -0.15) is 13.2 Å². The first-order valence-electron chi connectivity index (χ1n) is 5.70. The molecule has 0 amide bonds. The Morgan fingerprint density at radius 1 is 1.32 bits per heavy atom. The van der Waals surface area contributed by atoms with Crippen LogP contribution in [0.5, 0.6) is 5.75 Å². The molecule has 6 heteroatoms. The van der Waals surface area contributed by atoms with Crippen LogP contribution in [0.4, 0.5) is 17.6 Å². The van der Waals surface area contributed by atoms with Gasteiger partial charge in [0.05, 0.1) is 18.6 Å². The number of methoxy groups -OCH3 is 1. The molecule has 0 heterocycles. The summed E-state index contributed by atoms with van der Waals surface area (Å²) in [6, 6.07) is 2.98. The standard InChI is InChI=1S/C13H16F4O2/c1-8(18)7-12(2,13(15,16)17)10-6-9(14)4-5-11(10)19-3/h4-6,8,18H,7H2,1-3H3. The number of alkyl halides is 3. The van der Waals surface area contributed by atoms with Gasteiger partial charge in [0.25, 0.3) is 0 Å². The second kappa shape index (κ2) is 5.36. The lowest BCUT2D eigenvalue weighted by atomic mass is 9.76. The van der Waals surface area contributed by atoms with Gasteiger partial charge in [0.2, 0.25) is 0 Å². The SMILES string of the molecule is COc1ccc(F)cc1C(C)(CC(C)O)C(F)(F)F. The van der Waals surface area contributed by atoms with Crippen LogP contribution in [-0.4, -0.2) is 24.5 Å². The van der Waals surface area contributed by atoms with E-state index in [1.807, 2.05) is 0 Å². The van der Waals surface area contributed by atoms with Crippen LogP contribution in [0.1, 0.15) is 25.8 Å². The number of aliphatic hydroxyl groups excluding tert-OH is 1. The van der Waals surface area contributed by atoms with Crippen LogP contribution in [0.3, 0.4) is 0 Å². The van der Waals surface area contributed by atoms with E-state index in [0.29, 0.717) is 0 Å². The van der Waals surface area contributed by atoms with Crippen molar-refractivity contribution in [2.75, 3.05) is 7.11 Å². The monoisotopic (exact) mass is 280 g/mol. The highest BCUT2D eigenvalue weighted by Crippen LogP contribution is 2.47. The molecule has 2 atom stereocenters. The zero-order valence-electron chi connectivity index (χ0n) is 10.9. The molecule has 1 rings (SSSR count). The van der Waals surface area contributed by atoms with Crippen molar-refractivity contribution >= 4 is 0 Å². The minimum absolute atomic E-state index is 0.0538. The fraction of sp³-hybridized carbons (Fsp3) is 0.538. The van der Waals surface area contributed by atoms with E-state index in [1.54, 1.807) is 0 Å². The van der Waals surface area contributed by atoms with Gasteiger partial charge in [0.1, 0.15) is 11.6 Å². The van der Waals surface area contributed by atoms with Crippen LogP contribution < -0.4 is 4.74 Å². The third kappa shape index (κ3) is 3.18. The van der Waals surface area contributed by atoms with E-state index in [4.69, 9.17) is 4.74 Å². The van der Waals surface area contributed by atoms with Crippen molar-refractivity contribution in [2.45, 2.75) is 38.0 Å². The Hall–Kier alpha value is -1.30. The van der Waals surface area contributed by atoms with Crippen molar-refractivity contribution in [3.63, 3.8) is 0 Å². The molecule has 0 bridgehead atoms. The number of benzene rings is 1. The highest BCUT2D eigenvalue weighted by atomic mass is 19.4. The summed E-state index contributed by atoms with van der Waals surface area (Å²) in [6.07, 6.45) is -6.39. The van der Waals surface area contributed by atoms with Crippen LogP contribution >= 0.6 is 0 Å². The molecule has 0 aliphatic carbocycles. The molecular formula is C13H16F4O2. The molecule has 0 aliphatic heterocycles. The lowest BCUT2D eigenvalue weighted by Crippen LogP contribution is -2.42. The molecule has 1 N–H and O–H groups in total. The van der Waals surface area contributed by atoms with Crippen molar-refractivity contribution in [3.05, 3.63) is 29.6 Å². The van der Waals surface area contributed by atoms with Crippen LogP contribution in [0.25, 0.3) is 0 Å². The topological polar surface area (TPSA) is 29.5 Å². The summed E-state index contributed by atoms with van der Waals surface area (Å²) in [7, 11) is 1.22. The zero-order chi connectivity index (χ0) is 14.8. The van der Waals surface area contributed by atoms with E-state index >= 15 is 0 Å². The van der Waals surface area contributed by atoms with Crippen LogP contribution in [0.15, 0.2) is 18.2 Å². The van der Waals surface area contributed by atoms with E-state index < -0.39 is 29.9 Å². The summed E-state index contributed by atoms with van der Waals surface area (Å²) < 4.78 is 58.1. The van der Waals surface area contributed by atoms with Crippen LogP contribution in [-0.2, 0) is 5.41 Å². The Kier molecular flexibility index (Phi) is 4.45. The Labute approximate surface area is 109 Å². The van der Waals surface area contributed by atoms with Gasteiger partial charge < -0.3 is 9.84 Å². The zero-order valence-corrected chi connectivity index (χ0v) is 10.9. The summed E-state index contributed by atoms with van der Waals surface area (Å²) in [6.45, 7) is 2.19. The summed E-state index contributed by atoms with van der Waals surface area (Å²) in [5, 5.41) is 9.31. The molecule has 0 radical (unpaired) electrons. The Bertz CT molecular complexity index is 443. The maximum atomic E-state index is 13.3. The maximum Gasteiger partial charge on any atom is 0.398 e. The molecule has 19 heavy (non-hydrogen) atoms. The van der Waals surface area contributed by atoms with E-state index in [9.17, 15) is 22.7 Å². The smallest absolute Gasteiger partial charge is 0.398 e. The summed E-state index contributed by atoms with van der Waals surface area (Å²) in [5.41, 5.74) is -2.70. The van der Waals surface area contributed by atoms with Crippen LogP contribution in [0.2, 0.25) is 0 Å². The predicted octanol–water partition coefficient (Wildman–Crippen LogP) is 3.43. The largest absolute Gasteiger partial charge is 0.496 e. The molecule has 0 saturated heterocycles. The molecule has 0 spiro atoms. The number of hydrogen-bond acceptors (Lipinski definition) is 2. The Balaban J connectivity index is 3.45. The lowest BCUT2D eigenvalue weighted by molar-refractivity contribution is -0.193. The van der Waals surface area contributed by atoms with Crippen molar-refractivity contribution in [2.24, 2.45) is 0 Å². The molecule has 0 aliphatic rings. The molecule has 1 aromatic carbocycles. The quantitative estimate of drug-likeness (QED) is 0.856. The second-order valence-corrected chi connectivity index (χ2v) is 4.73. The summed E-state index contributed by atoms with van der Waals surface area (Å²) in [4.78, 5) is 0.